The van der Waals surface area contributed by atoms with Crippen LogP contribution in [0, 0.1) is 0 Å². The average molecular weight is 305 g/mol. The maximum Gasteiger partial charge on any atom is 0.219 e. The highest BCUT2D eigenvalue weighted by atomic mass is 35.5. The van der Waals surface area contributed by atoms with E-state index in [0.717, 1.165) is 11.4 Å². The molecule has 21 heavy (non-hydrogen) atoms. The lowest BCUT2D eigenvalue weighted by atomic mass is 10.3. The van der Waals surface area contributed by atoms with E-state index in [0.29, 0.717) is 29.2 Å². The topological polar surface area (TPSA) is 43.4 Å². The summed E-state index contributed by atoms with van der Waals surface area (Å²) in [6.07, 6.45) is 2.47. The molecule has 1 aromatic heterocycles. The Bertz CT molecular complexity index is 612. The van der Waals surface area contributed by atoms with Crippen molar-refractivity contribution in [3.8, 4) is 17.4 Å². The first-order chi connectivity index (χ1) is 10.2. The molecule has 1 aliphatic rings. The van der Waals surface area contributed by atoms with Crippen molar-refractivity contribution >= 4 is 11.6 Å². The molecule has 1 fully saturated rings. The lowest BCUT2D eigenvalue weighted by Crippen LogP contribution is -2.16. The summed E-state index contributed by atoms with van der Waals surface area (Å²) in [7, 11) is 1.63. The maximum absolute atomic E-state index is 6.17. The first kappa shape index (κ1) is 14.2. The second-order valence-corrected chi connectivity index (χ2v) is 5.42. The maximum atomic E-state index is 6.17. The van der Waals surface area contributed by atoms with Gasteiger partial charge in [0.1, 0.15) is 11.5 Å². The number of methoxy groups -OCH3 is 1. The molecule has 1 saturated carbocycles. The first-order valence-electron chi connectivity index (χ1n) is 6.95. The van der Waals surface area contributed by atoms with Crippen LogP contribution in [0.3, 0.4) is 0 Å². The number of nitrogens with one attached hydrogen (secondary N) is 1. The number of ether oxygens (including phenoxy) is 2. The van der Waals surface area contributed by atoms with Crippen molar-refractivity contribution in [2.24, 2.45) is 0 Å². The van der Waals surface area contributed by atoms with Gasteiger partial charge in [0, 0.05) is 18.7 Å². The van der Waals surface area contributed by atoms with Crippen LogP contribution in [-0.4, -0.2) is 18.1 Å². The van der Waals surface area contributed by atoms with Crippen molar-refractivity contribution in [3.05, 3.63) is 47.1 Å². The highest BCUT2D eigenvalue weighted by Gasteiger charge is 2.20. The predicted molar refractivity (Wildman–Crippen MR) is 82.2 cm³/mol. The van der Waals surface area contributed by atoms with Crippen molar-refractivity contribution < 1.29 is 9.47 Å². The monoisotopic (exact) mass is 304 g/mol. The van der Waals surface area contributed by atoms with Crippen molar-refractivity contribution in [1.29, 1.82) is 0 Å². The number of benzene rings is 1. The van der Waals surface area contributed by atoms with Crippen LogP contribution < -0.4 is 14.8 Å². The Hall–Kier alpha value is -1.78. The van der Waals surface area contributed by atoms with E-state index in [2.05, 4.69) is 10.3 Å². The van der Waals surface area contributed by atoms with Crippen LogP contribution in [0.25, 0.3) is 0 Å². The Kier molecular flexibility index (Phi) is 4.27. The zero-order valence-corrected chi connectivity index (χ0v) is 12.6. The van der Waals surface area contributed by atoms with E-state index >= 15 is 0 Å². The second kappa shape index (κ2) is 6.33. The minimum absolute atomic E-state index is 0.539. The summed E-state index contributed by atoms with van der Waals surface area (Å²) < 4.78 is 10.9. The zero-order chi connectivity index (χ0) is 14.7. The van der Waals surface area contributed by atoms with Crippen LogP contribution in [0.4, 0.5) is 0 Å². The summed E-state index contributed by atoms with van der Waals surface area (Å²) in [5, 5.41) is 4.06. The van der Waals surface area contributed by atoms with Crippen molar-refractivity contribution in [2.45, 2.75) is 25.4 Å². The van der Waals surface area contributed by atoms with Crippen LogP contribution >= 0.6 is 11.6 Å². The van der Waals surface area contributed by atoms with Gasteiger partial charge in [-0.3, -0.25) is 0 Å². The minimum Gasteiger partial charge on any atom is -0.497 e. The summed E-state index contributed by atoms with van der Waals surface area (Å²) >= 11 is 6.17. The van der Waals surface area contributed by atoms with E-state index in [-0.39, 0.29) is 0 Å². The molecule has 0 unspecified atom stereocenters. The molecule has 0 amide bonds. The number of hydrogen-bond donors (Lipinski definition) is 1. The number of nitrogens with zero attached hydrogens (tertiary/aromatic N) is 1. The number of aromatic nitrogens is 1. The molecule has 2 aromatic rings. The van der Waals surface area contributed by atoms with E-state index in [4.69, 9.17) is 21.1 Å². The molecule has 0 bridgehead atoms. The smallest absolute Gasteiger partial charge is 0.219 e. The molecule has 1 N–H and O–H groups in total. The molecule has 1 heterocycles. The lowest BCUT2D eigenvalue weighted by molar-refractivity contribution is 0.412. The van der Waals surface area contributed by atoms with Gasteiger partial charge in [0.25, 0.3) is 0 Å². The molecule has 0 spiro atoms. The Morgan fingerprint density at radius 2 is 1.86 bits per heavy atom. The molecule has 1 aliphatic carbocycles. The molecule has 110 valence electrons. The average Bonchev–Trinajstić information content (AvgIpc) is 3.33. The van der Waals surface area contributed by atoms with E-state index in [1.165, 1.54) is 12.8 Å². The van der Waals surface area contributed by atoms with Gasteiger partial charge in [0.05, 0.1) is 17.8 Å². The largest absolute Gasteiger partial charge is 0.497 e. The molecule has 5 heteroatoms. The van der Waals surface area contributed by atoms with Gasteiger partial charge in [-0.05, 0) is 43.2 Å². The van der Waals surface area contributed by atoms with Gasteiger partial charge in [-0.1, -0.05) is 11.6 Å². The van der Waals surface area contributed by atoms with Gasteiger partial charge in [-0.15, -0.1) is 0 Å². The standard InChI is InChI=1S/C16H17ClN2O2/c1-20-12-4-6-13(7-5-12)21-16-9-8-14(17)15(19-16)10-18-11-2-3-11/h4-9,11,18H,2-3,10H2,1H3. The SMILES string of the molecule is COc1ccc(Oc2ccc(Cl)c(CNC3CC3)n2)cc1. The number of hydrogen-bond acceptors (Lipinski definition) is 4. The highest BCUT2D eigenvalue weighted by molar-refractivity contribution is 6.31. The predicted octanol–water partition coefficient (Wildman–Crippen LogP) is 3.79. The summed E-state index contributed by atoms with van der Waals surface area (Å²) in [5.41, 5.74) is 0.814. The zero-order valence-electron chi connectivity index (χ0n) is 11.8. The Morgan fingerprint density at radius 3 is 2.52 bits per heavy atom. The fourth-order valence-electron chi connectivity index (χ4n) is 1.94. The molecule has 4 nitrogen and oxygen atoms in total. The van der Waals surface area contributed by atoms with E-state index in [1.54, 1.807) is 13.2 Å². The van der Waals surface area contributed by atoms with E-state index < -0.39 is 0 Å². The lowest BCUT2D eigenvalue weighted by Gasteiger charge is -2.09. The Labute approximate surface area is 129 Å². The van der Waals surface area contributed by atoms with Crippen molar-refractivity contribution in [2.75, 3.05) is 7.11 Å². The Morgan fingerprint density at radius 1 is 1.14 bits per heavy atom. The van der Waals surface area contributed by atoms with Gasteiger partial charge in [0.15, 0.2) is 0 Å². The molecular weight excluding hydrogens is 288 g/mol. The van der Waals surface area contributed by atoms with Crippen molar-refractivity contribution in [1.82, 2.24) is 10.3 Å². The van der Waals surface area contributed by atoms with Crippen LogP contribution in [-0.2, 0) is 6.54 Å². The molecule has 0 aliphatic heterocycles. The van der Waals surface area contributed by atoms with Crippen LogP contribution in [0.1, 0.15) is 18.5 Å². The van der Waals surface area contributed by atoms with Crippen LogP contribution in [0.2, 0.25) is 5.02 Å². The third-order valence-corrected chi connectivity index (χ3v) is 3.65. The summed E-state index contributed by atoms with van der Waals surface area (Å²) in [6, 6.07) is 11.6. The van der Waals surface area contributed by atoms with Crippen molar-refractivity contribution in [3.63, 3.8) is 0 Å². The van der Waals surface area contributed by atoms with Crippen LogP contribution in [0.15, 0.2) is 36.4 Å². The third-order valence-electron chi connectivity index (χ3n) is 3.31. The number of pyridine rings is 1. The van der Waals surface area contributed by atoms with E-state index in [9.17, 15) is 0 Å². The first-order valence-corrected chi connectivity index (χ1v) is 7.33. The molecule has 0 radical (unpaired) electrons. The van der Waals surface area contributed by atoms with Gasteiger partial charge in [-0.2, -0.15) is 0 Å². The second-order valence-electron chi connectivity index (χ2n) is 5.01. The summed E-state index contributed by atoms with van der Waals surface area (Å²) in [6.45, 7) is 0.670. The van der Waals surface area contributed by atoms with E-state index in [1.807, 2.05) is 30.3 Å². The fourth-order valence-corrected chi connectivity index (χ4v) is 2.11. The summed E-state index contributed by atoms with van der Waals surface area (Å²) in [4.78, 5) is 4.46. The Balaban J connectivity index is 1.69. The quantitative estimate of drug-likeness (QED) is 0.882. The molecular formula is C16H17ClN2O2. The van der Waals surface area contributed by atoms with Gasteiger partial charge in [0.2, 0.25) is 5.88 Å². The van der Waals surface area contributed by atoms with Gasteiger partial charge >= 0.3 is 0 Å². The normalized spacial score (nSPS) is 14.0. The molecule has 3 rings (SSSR count). The third kappa shape index (κ3) is 3.86. The summed E-state index contributed by atoms with van der Waals surface area (Å²) in [5.74, 6) is 2.05. The van der Waals surface area contributed by atoms with Gasteiger partial charge < -0.3 is 14.8 Å². The molecule has 0 saturated heterocycles. The highest BCUT2D eigenvalue weighted by Crippen LogP contribution is 2.26. The number of rotatable bonds is 6. The number of halogens is 1. The van der Waals surface area contributed by atoms with Gasteiger partial charge in [-0.25, -0.2) is 4.98 Å². The van der Waals surface area contributed by atoms with Crippen LogP contribution in [0.5, 0.6) is 17.4 Å². The molecule has 1 aromatic carbocycles. The fraction of sp³-hybridized carbons (Fsp3) is 0.312. The minimum atomic E-state index is 0.539. The molecule has 0 atom stereocenters.